The van der Waals surface area contributed by atoms with Gasteiger partial charge in [-0.15, -0.1) is 0 Å². The lowest BCUT2D eigenvalue weighted by Crippen LogP contribution is -2.60. The number of carbonyl (C=O) groups excluding carboxylic acids is 4. The van der Waals surface area contributed by atoms with Gasteiger partial charge in [-0.3, -0.25) is 19.1 Å². The second kappa shape index (κ2) is 17.1. The number of methoxy groups -OCH3 is 2. The van der Waals surface area contributed by atoms with Crippen LogP contribution in [-0.4, -0.2) is 110 Å². The van der Waals surface area contributed by atoms with E-state index in [1.54, 1.807) is 53.1 Å². The van der Waals surface area contributed by atoms with Crippen molar-refractivity contribution >= 4 is 44.6 Å². The number of rotatable bonds is 11. The second-order valence-corrected chi connectivity index (χ2v) is 19.8. The van der Waals surface area contributed by atoms with Crippen molar-refractivity contribution in [2.75, 3.05) is 34.0 Å². The first-order valence-corrected chi connectivity index (χ1v) is 21.9. The van der Waals surface area contributed by atoms with Gasteiger partial charge in [0.05, 0.1) is 37.8 Å². The fraction of sp³-hybridized carbons (Fsp3) is 0.643. The highest BCUT2D eigenvalue weighted by atomic mass is 32.2. The Labute approximate surface area is 346 Å². The molecule has 0 bridgehead atoms. The van der Waals surface area contributed by atoms with E-state index in [0.717, 1.165) is 0 Å². The first-order valence-electron chi connectivity index (χ1n) is 20.4. The summed E-state index contributed by atoms with van der Waals surface area (Å²) >= 11 is 0. The zero-order chi connectivity index (χ0) is 42.9. The van der Waals surface area contributed by atoms with Crippen molar-refractivity contribution in [1.82, 2.24) is 25.2 Å². The number of sulfonamides is 1. The predicted molar refractivity (Wildman–Crippen MR) is 218 cm³/mol. The van der Waals surface area contributed by atoms with Gasteiger partial charge in [0, 0.05) is 36.1 Å². The number of amides is 4. The summed E-state index contributed by atoms with van der Waals surface area (Å²) in [6.45, 7) is 11.1. The van der Waals surface area contributed by atoms with Gasteiger partial charge in [0.1, 0.15) is 40.8 Å². The molecule has 2 aromatic rings. The first kappa shape index (κ1) is 43.9. The van der Waals surface area contributed by atoms with E-state index in [4.69, 9.17) is 23.7 Å². The SMILES string of the molecule is CCOc1cnc(O[C@@H]2C[C@H]3C(=O)N[C@]4(C(=O)NS(=O)(=O)C5(C)CC5)C[C@H]4/C=C\CC[C@@H](C)C[C@@H](COC)[C@H](NC(=O)OC(C)(C)C)C(=O)N3C2)c2ccc(OC)cc12. The molecule has 0 radical (unpaired) electrons. The number of aromatic nitrogens is 1. The van der Waals surface area contributed by atoms with Crippen LogP contribution in [0.3, 0.4) is 0 Å². The third-order valence-electron chi connectivity index (χ3n) is 11.7. The van der Waals surface area contributed by atoms with Crippen LogP contribution in [0.4, 0.5) is 4.79 Å². The summed E-state index contributed by atoms with van der Waals surface area (Å²) in [5.74, 6) is -1.62. The highest BCUT2D eigenvalue weighted by Crippen LogP contribution is 2.48. The normalized spacial score (nSPS) is 28.8. The highest BCUT2D eigenvalue weighted by molar-refractivity contribution is 7.91. The van der Waals surface area contributed by atoms with Gasteiger partial charge < -0.3 is 39.2 Å². The Hall–Kier alpha value is -4.64. The number of fused-ring (bicyclic) bond motifs is 3. The van der Waals surface area contributed by atoms with Crippen LogP contribution in [0.15, 0.2) is 36.5 Å². The first-order chi connectivity index (χ1) is 27.8. The molecule has 7 atom stereocenters. The zero-order valence-electron chi connectivity index (χ0n) is 35.3. The third kappa shape index (κ3) is 9.72. The Balaban J connectivity index is 1.39. The van der Waals surface area contributed by atoms with Crippen LogP contribution in [0.1, 0.15) is 86.5 Å². The Kier molecular flexibility index (Phi) is 12.8. The number of allylic oxidation sites excluding steroid dienone is 1. The second-order valence-electron chi connectivity index (χ2n) is 17.6. The molecule has 6 rings (SSSR count). The van der Waals surface area contributed by atoms with E-state index in [9.17, 15) is 22.8 Å². The Morgan fingerprint density at radius 2 is 1.85 bits per heavy atom. The van der Waals surface area contributed by atoms with Gasteiger partial charge in [0.2, 0.25) is 27.7 Å². The number of nitrogens with one attached hydrogen (secondary N) is 3. The summed E-state index contributed by atoms with van der Waals surface area (Å²) in [5.41, 5.74) is -2.43. The number of hydrogen-bond donors (Lipinski definition) is 3. The summed E-state index contributed by atoms with van der Waals surface area (Å²) in [6, 6.07) is 3.00. The van der Waals surface area contributed by atoms with Gasteiger partial charge in [0.15, 0.2) is 0 Å². The molecular formula is C42H59N5O11S. The van der Waals surface area contributed by atoms with Crippen LogP contribution >= 0.6 is 0 Å². The van der Waals surface area contributed by atoms with Crippen molar-refractivity contribution in [3.8, 4) is 17.4 Å². The van der Waals surface area contributed by atoms with Gasteiger partial charge in [-0.05, 0) is 97.3 Å². The number of hydrogen-bond acceptors (Lipinski definition) is 12. The van der Waals surface area contributed by atoms with E-state index in [2.05, 4.69) is 27.3 Å². The fourth-order valence-corrected chi connectivity index (χ4v) is 9.36. The summed E-state index contributed by atoms with van der Waals surface area (Å²) in [6.07, 6.45) is 6.62. The number of alkyl carbamates (subject to hydrolysis) is 1. The monoisotopic (exact) mass is 841 g/mol. The number of pyridine rings is 1. The minimum Gasteiger partial charge on any atom is -0.497 e. The van der Waals surface area contributed by atoms with E-state index in [1.807, 2.05) is 25.1 Å². The van der Waals surface area contributed by atoms with E-state index in [-0.39, 0.29) is 37.8 Å². The van der Waals surface area contributed by atoms with E-state index >= 15 is 4.79 Å². The molecule has 1 saturated heterocycles. The van der Waals surface area contributed by atoms with Crippen molar-refractivity contribution in [2.45, 2.75) is 121 Å². The van der Waals surface area contributed by atoms with Gasteiger partial charge >= 0.3 is 6.09 Å². The lowest BCUT2D eigenvalue weighted by molar-refractivity contribution is -0.142. The lowest BCUT2D eigenvalue weighted by Gasteiger charge is -2.34. The molecule has 3 N–H and O–H groups in total. The number of carbonyl (C=O) groups is 4. The van der Waals surface area contributed by atoms with E-state index in [0.29, 0.717) is 61.0 Å². The van der Waals surface area contributed by atoms with Crippen LogP contribution in [0.25, 0.3) is 10.8 Å². The smallest absolute Gasteiger partial charge is 0.408 e. The molecule has 16 nitrogen and oxygen atoms in total. The molecule has 1 aromatic carbocycles. The van der Waals surface area contributed by atoms with Gasteiger partial charge in [-0.2, -0.15) is 0 Å². The van der Waals surface area contributed by atoms with Crippen LogP contribution in [-0.2, 0) is 33.9 Å². The molecule has 4 amide bonds. The summed E-state index contributed by atoms with van der Waals surface area (Å²) < 4.78 is 56.8. The Morgan fingerprint density at radius 3 is 2.51 bits per heavy atom. The highest BCUT2D eigenvalue weighted by Gasteiger charge is 2.63. The molecule has 3 fully saturated rings. The molecule has 4 aliphatic rings. The molecule has 2 aliphatic carbocycles. The minimum atomic E-state index is -4.03. The summed E-state index contributed by atoms with van der Waals surface area (Å²) in [5, 5.41) is 7.03. The molecule has 17 heteroatoms. The van der Waals surface area contributed by atoms with Gasteiger partial charge in [-0.1, -0.05) is 19.1 Å². The summed E-state index contributed by atoms with van der Waals surface area (Å²) in [4.78, 5) is 63.1. The molecule has 324 valence electrons. The average Bonchev–Trinajstić information content (AvgIpc) is 4.05. The van der Waals surface area contributed by atoms with Crippen LogP contribution in [0.2, 0.25) is 0 Å². The van der Waals surface area contributed by atoms with E-state index < -0.39 is 79.7 Å². The molecule has 59 heavy (non-hydrogen) atoms. The fourth-order valence-electron chi connectivity index (χ4n) is 8.05. The van der Waals surface area contributed by atoms with E-state index in [1.165, 1.54) is 12.0 Å². The van der Waals surface area contributed by atoms with Crippen LogP contribution in [0.5, 0.6) is 17.4 Å². The largest absolute Gasteiger partial charge is 0.497 e. The Bertz CT molecular complexity index is 2070. The number of benzene rings is 1. The molecule has 0 spiro atoms. The van der Waals surface area contributed by atoms with Gasteiger partial charge in [0.25, 0.3) is 5.91 Å². The van der Waals surface area contributed by atoms with Crippen LogP contribution < -0.4 is 29.6 Å². The van der Waals surface area contributed by atoms with Crippen molar-refractivity contribution in [2.24, 2.45) is 17.8 Å². The third-order valence-corrected chi connectivity index (χ3v) is 13.9. The maximum Gasteiger partial charge on any atom is 0.408 e. The van der Waals surface area contributed by atoms with Crippen molar-refractivity contribution < 1.29 is 51.3 Å². The average molecular weight is 842 g/mol. The molecule has 2 aliphatic heterocycles. The van der Waals surface area contributed by atoms with Crippen LogP contribution in [0, 0.1) is 17.8 Å². The quantitative estimate of drug-likeness (QED) is 0.270. The predicted octanol–water partition coefficient (Wildman–Crippen LogP) is 4.40. The van der Waals surface area contributed by atoms with Crippen molar-refractivity contribution in [3.05, 3.63) is 36.5 Å². The maximum absolute atomic E-state index is 15.1. The topological polar surface area (TPSA) is 201 Å². The Morgan fingerprint density at radius 1 is 1.10 bits per heavy atom. The van der Waals surface area contributed by atoms with Crippen molar-refractivity contribution in [3.63, 3.8) is 0 Å². The number of nitrogens with zero attached hydrogens (tertiary/aromatic N) is 2. The minimum absolute atomic E-state index is 0.0107. The lowest BCUT2D eigenvalue weighted by atomic mass is 9.87. The summed E-state index contributed by atoms with van der Waals surface area (Å²) in [7, 11) is -0.941. The van der Waals surface area contributed by atoms with Gasteiger partial charge in [-0.25, -0.2) is 18.2 Å². The maximum atomic E-state index is 15.1. The molecular weight excluding hydrogens is 783 g/mol. The number of ether oxygens (including phenoxy) is 5. The zero-order valence-corrected chi connectivity index (χ0v) is 36.1. The van der Waals surface area contributed by atoms with Crippen molar-refractivity contribution in [1.29, 1.82) is 0 Å². The molecule has 3 heterocycles. The molecule has 2 saturated carbocycles. The molecule has 0 unspecified atom stereocenters. The molecule has 1 aromatic heterocycles. The standard InChI is InChI=1S/C42H59N5O11S/c1-9-56-33-22-43-36(30-15-14-28(55-8)19-31(30)33)57-29-20-32-35(48)45-42(38(50)46-59(52,53)41(6)16-17-41)21-27(42)13-11-10-12-25(2)18-26(24-54-7)34(37(49)47(32)23-29)44-39(51)58-40(3,4)5/h11,13-15,19,22,25-27,29,32,34H,9-10,12,16-18,20-21,23-24H2,1-8H3,(H,44,51)(H,45,48)(H,46,50)/b13-11-/t25-,26+,27-,29-,32+,34+,42-/m1/s1.